The van der Waals surface area contributed by atoms with Gasteiger partial charge in [0.25, 0.3) is 5.91 Å². The Kier molecular flexibility index (Phi) is 4.51. The van der Waals surface area contributed by atoms with Gasteiger partial charge in [-0.1, -0.05) is 30.3 Å². The van der Waals surface area contributed by atoms with Crippen LogP contribution in [-0.4, -0.2) is 18.0 Å². The number of nitrogens with two attached hydrogens (primary N) is 1. The predicted molar refractivity (Wildman–Crippen MR) is 58.4 cm³/mol. The van der Waals surface area contributed by atoms with Crippen molar-refractivity contribution in [3.05, 3.63) is 35.9 Å². The summed E-state index contributed by atoms with van der Waals surface area (Å²) >= 11 is 0. The molecule has 1 atom stereocenters. The number of hydrogen-bond donors (Lipinski definition) is 2. The van der Waals surface area contributed by atoms with Gasteiger partial charge < -0.3 is 10.5 Å². The predicted octanol–water partition coefficient (Wildman–Crippen LogP) is 0.290. The summed E-state index contributed by atoms with van der Waals surface area (Å²) < 4.78 is 4.80. The molecule has 0 saturated carbocycles. The first-order chi connectivity index (χ1) is 8.13. The first kappa shape index (κ1) is 12.5. The molecule has 0 heterocycles. The van der Waals surface area contributed by atoms with E-state index in [2.05, 4.69) is 0 Å². The molecule has 0 aliphatic rings. The molecule has 1 unspecified atom stereocenters. The third-order valence-corrected chi connectivity index (χ3v) is 1.89. The number of primary amides is 1. The lowest BCUT2D eigenvalue weighted by Gasteiger charge is -2.08. The summed E-state index contributed by atoms with van der Waals surface area (Å²) in [6.45, 7) is 0.0591. The SMILES string of the molecule is N#CC(NC(=O)OCc1ccccc1)C(N)=O. The van der Waals surface area contributed by atoms with Crippen molar-refractivity contribution in [2.45, 2.75) is 12.6 Å². The summed E-state index contributed by atoms with van der Waals surface area (Å²) in [4.78, 5) is 21.9. The minimum Gasteiger partial charge on any atom is -0.445 e. The van der Waals surface area contributed by atoms with E-state index in [4.69, 9.17) is 15.7 Å². The number of rotatable bonds is 4. The van der Waals surface area contributed by atoms with Gasteiger partial charge in [0.05, 0.1) is 6.07 Å². The molecule has 1 aromatic carbocycles. The van der Waals surface area contributed by atoms with Crippen molar-refractivity contribution >= 4 is 12.0 Å². The first-order valence-electron chi connectivity index (χ1n) is 4.79. The summed E-state index contributed by atoms with van der Waals surface area (Å²) in [6, 6.07) is 9.17. The number of nitriles is 1. The fraction of sp³-hybridized carbons (Fsp3) is 0.182. The lowest BCUT2D eigenvalue weighted by Crippen LogP contribution is -2.43. The topological polar surface area (TPSA) is 105 Å². The number of nitrogens with one attached hydrogen (secondary N) is 1. The molecule has 1 aromatic rings. The summed E-state index contributed by atoms with van der Waals surface area (Å²) in [5.74, 6) is -0.927. The molecule has 88 valence electrons. The van der Waals surface area contributed by atoms with Crippen LogP contribution in [0.2, 0.25) is 0 Å². The highest BCUT2D eigenvalue weighted by molar-refractivity contribution is 5.86. The van der Waals surface area contributed by atoms with Gasteiger partial charge in [-0.15, -0.1) is 0 Å². The maximum absolute atomic E-state index is 11.2. The van der Waals surface area contributed by atoms with E-state index >= 15 is 0 Å². The van der Waals surface area contributed by atoms with Crippen LogP contribution in [0.4, 0.5) is 4.79 Å². The van der Waals surface area contributed by atoms with Crippen molar-refractivity contribution in [2.24, 2.45) is 5.73 Å². The minimum atomic E-state index is -1.38. The smallest absolute Gasteiger partial charge is 0.408 e. The van der Waals surface area contributed by atoms with Crippen LogP contribution in [0, 0.1) is 11.3 Å². The van der Waals surface area contributed by atoms with Gasteiger partial charge in [0.15, 0.2) is 6.04 Å². The molecular weight excluding hydrogens is 222 g/mol. The van der Waals surface area contributed by atoms with Crippen LogP contribution in [0.25, 0.3) is 0 Å². The van der Waals surface area contributed by atoms with Crippen molar-refractivity contribution in [2.75, 3.05) is 0 Å². The van der Waals surface area contributed by atoms with Gasteiger partial charge in [0.1, 0.15) is 6.61 Å². The maximum Gasteiger partial charge on any atom is 0.408 e. The highest BCUT2D eigenvalue weighted by Gasteiger charge is 2.17. The number of carbonyl (C=O) groups excluding carboxylic acids is 2. The van der Waals surface area contributed by atoms with Crippen molar-refractivity contribution < 1.29 is 14.3 Å². The van der Waals surface area contributed by atoms with Crippen LogP contribution in [0.3, 0.4) is 0 Å². The Hall–Kier alpha value is -2.55. The molecule has 0 aromatic heterocycles. The number of amides is 2. The maximum atomic E-state index is 11.2. The van der Waals surface area contributed by atoms with E-state index in [9.17, 15) is 9.59 Å². The van der Waals surface area contributed by atoms with Gasteiger partial charge in [0, 0.05) is 0 Å². The molecule has 0 saturated heterocycles. The van der Waals surface area contributed by atoms with Gasteiger partial charge in [-0.2, -0.15) is 5.26 Å². The zero-order chi connectivity index (χ0) is 12.7. The van der Waals surface area contributed by atoms with Crippen LogP contribution < -0.4 is 11.1 Å². The number of hydrogen-bond acceptors (Lipinski definition) is 4. The van der Waals surface area contributed by atoms with E-state index in [1.54, 1.807) is 30.3 Å². The van der Waals surface area contributed by atoms with E-state index in [0.29, 0.717) is 0 Å². The Balaban J connectivity index is 2.41. The zero-order valence-corrected chi connectivity index (χ0v) is 8.92. The molecule has 6 heteroatoms. The van der Waals surface area contributed by atoms with Crippen molar-refractivity contribution in [3.8, 4) is 6.07 Å². The Bertz CT molecular complexity index is 439. The van der Waals surface area contributed by atoms with Gasteiger partial charge >= 0.3 is 6.09 Å². The summed E-state index contributed by atoms with van der Waals surface area (Å²) in [6.07, 6.45) is -0.862. The summed E-state index contributed by atoms with van der Waals surface area (Å²) in [7, 11) is 0. The first-order valence-corrected chi connectivity index (χ1v) is 4.79. The molecule has 17 heavy (non-hydrogen) atoms. The summed E-state index contributed by atoms with van der Waals surface area (Å²) in [5.41, 5.74) is 5.67. The highest BCUT2D eigenvalue weighted by atomic mass is 16.5. The van der Waals surface area contributed by atoms with Crippen LogP contribution in [0.1, 0.15) is 5.56 Å². The monoisotopic (exact) mass is 233 g/mol. The molecule has 1 rings (SSSR count). The van der Waals surface area contributed by atoms with Gasteiger partial charge in [-0.25, -0.2) is 4.79 Å². The Morgan fingerprint density at radius 2 is 2.06 bits per heavy atom. The number of nitrogens with zero attached hydrogens (tertiary/aromatic N) is 1. The molecule has 2 amide bonds. The second-order valence-electron chi connectivity index (χ2n) is 3.17. The lowest BCUT2D eigenvalue weighted by molar-refractivity contribution is -0.118. The fourth-order valence-corrected chi connectivity index (χ4v) is 1.05. The molecule has 0 aliphatic carbocycles. The zero-order valence-electron chi connectivity index (χ0n) is 8.92. The van der Waals surface area contributed by atoms with Crippen LogP contribution in [0.15, 0.2) is 30.3 Å². The van der Waals surface area contributed by atoms with Crippen molar-refractivity contribution in [1.29, 1.82) is 5.26 Å². The van der Waals surface area contributed by atoms with Crippen LogP contribution >= 0.6 is 0 Å². The van der Waals surface area contributed by atoms with Crippen molar-refractivity contribution in [3.63, 3.8) is 0 Å². The lowest BCUT2D eigenvalue weighted by atomic mass is 10.2. The second-order valence-corrected chi connectivity index (χ2v) is 3.17. The van der Waals surface area contributed by atoms with E-state index in [0.717, 1.165) is 5.56 Å². The molecule has 0 bridgehead atoms. The Morgan fingerprint density at radius 3 is 2.59 bits per heavy atom. The standard InChI is InChI=1S/C11H11N3O3/c12-6-9(10(13)15)14-11(16)17-7-8-4-2-1-3-5-8/h1-5,9H,7H2,(H2,13,15)(H,14,16). The molecule has 0 spiro atoms. The Morgan fingerprint density at radius 1 is 1.41 bits per heavy atom. The molecule has 0 fully saturated rings. The van der Waals surface area contributed by atoms with Crippen LogP contribution in [-0.2, 0) is 16.1 Å². The molecule has 3 N–H and O–H groups in total. The van der Waals surface area contributed by atoms with Crippen LogP contribution in [0.5, 0.6) is 0 Å². The Labute approximate surface area is 98.0 Å². The van der Waals surface area contributed by atoms with E-state index in [1.165, 1.54) is 0 Å². The molecular formula is C11H11N3O3. The average molecular weight is 233 g/mol. The number of alkyl carbamates (subject to hydrolysis) is 1. The third-order valence-electron chi connectivity index (χ3n) is 1.89. The fourth-order valence-electron chi connectivity index (χ4n) is 1.05. The third kappa shape index (κ3) is 4.22. The summed E-state index contributed by atoms with van der Waals surface area (Å²) in [5, 5.41) is 10.5. The van der Waals surface area contributed by atoms with E-state index < -0.39 is 18.0 Å². The number of benzene rings is 1. The second kappa shape index (κ2) is 6.12. The molecule has 0 aliphatic heterocycles. The van der Waals surface area contributed by atoms with E-state index in [-0.39, 0.29) is 6.61 Å². The minimum absolute atomic E-state index is 0.0591. The largest absolute Gasteiger partial charge is 0.445 e. The van der Waals surface area contributed by atoms with Gasteiger partial charge in [-0.05, 0) is 5.56 Å². The average Bonchev–Trinajstić information content (AvgIpc) is 2.34. The van der Waals surface area contributed by atoms with Gasteiger partial charge in [-0.3, -0.25) is 10.1 Å². The number of carbonyl (C=O) groups is 2. The number of ether oxygens (including phenoxy) is 1. The van der Waals surface area contributed by atoms with Crippen molar-refractivity contribution in [1.82, 2.24) is 5.32 Å². The van der Waals surface area contributed by atoms with E-state index in [1.807, 2.05) is 11.4 Å². The quantitative estimate of drug-likeness (QED) is 0.779. The molecule has 0 radical (unpaired) electrons. The van der Waals surface area contributed by atoms with Gasteiger partial charge in [0.2, 0.25) is 0 Å². The highest BCUT2D eigenvalue weighted by Crippen LogP contribution is 2.00. The molecule has 6 nitrogen and oxygen atoms in total. The normalized spacial score (nSPS) is 11.0.